The maximum atomic E-state index is 11.9. The van der Waals surface area contributed by atoms with Gasteiger partial charge in [-0.15, -0.1) is 0 Å². The average molecular weight is 264 g/mol. The number of pyridine rings is 1. The van der Waals surface area contributed by atoms with Crippen molar-refractivity contribution in [3.8, 4) is 0 Å². The number of aromatic nitrogens is 1. The summed E-state index contributed by atoms with van der Waals surface area (Å²) in [6.45, 7) is 0.756. The third-order valence-electron chi connectivity index (χ3n) is 3.94. The first-order valence-corrected chi connectivity index (χ1v) is 6.67. The van der Waals surface area contributed by atoms with Gasteiger partial charge in [-0.25, -0.2) is 0 Å². The molecule has 2 rings (SSSR count). The van der Waals surface area contributed by atoms with E-state index in [4.69, 9.17) is 0 Å². The summed E-state index contributed by atoms with van der Waals surface area (Å²) in [6.07, 6.45) is 4.77. The van der Waals surface area contributed by atoms with E-state index in [-0.39, 0.29) is 18.1 Å². The fraction of sp³-hybridized carbons (Fsp3) is 0.571. The highest BCUT2D eigenvalue weighted by Crippen LogP contribution is 2.30. The number of aliphatic hydroxyl groups is 1. The van der Waals surface area contributed by atoms with Crippen molar-refractivity contribution >= 4 is 5.91 Å². The highest BCUT2D eigenvalue weighted by atomic mass is 16.3. The largest absolute Gasteiger partial charge is 0.396 e. The van der Waals surface area contributed by atoms with Crippen molar-refractivity contribution in [1.82, 2.24) is 9.88 Å². The lowest BCUT2D eigenvalue weighted by Gasteiger charge is -2.17. The molecule has 0 bridgehead atoms. The summed E-state index contributed by atoms with van der Waals surface area (Å²) < 4.78 is 1.43. The molecule has 2 unspecified atom stereocenters. The Morgan fingerprint density at radius 3 is 2.89 bits per heavy atom. The van der Waals surface area contributed by atoms with Crippen molar-refractivity contribution in [2.45, 2.75) is 19.3 Å². The Kier molecular flexibility index (Phi) is 4.37. The Morgan fingerprint density at radius 2 is 2.21 bits per heavy atom. The molecule has 1 heterocycles. The molecular weight excluding hydrogens is 244 g/mol. The van der Waals surface area contributed by atoms with Gasteiger partial charge in [0.05, 0.1) is 0 Å². The van der Waals surface area contributed by atoms with Crippen LogP contribution in [0.5, 0.6) is 0 Å². The van der Waals surface area contributed by atoms with E-state index in [0.29, 0.717) is 23.9 Å². The number of nitrogens with zero attached hydrogens (tertiary/aromatic N) is 1. The van der Waals surface area contributed by atoms with Crippen LogP contribution in [0.2, 0.25) is 0 Å². The molecule has 1 aromatic heterocycles. The van der Waals surface area contributed by atoms with Crippen LogP contribution in [-0.2, 0) is 7.05 Å². The van der Waals surface area contributed by atoms with Crippen LogP contribution in [0.4, 0.5) is 0 Å². The van der Waals surface area contributed by atoms with Crippen molar-refractivity contribution in [3.63, 3.8) is 0 Å². The maximum Gasteiger partial charge on any atom is 0.251 e. The van der Waals surface area contributed by atoms with E-state index in [1.807, 2.05) is 0 Å². The lowest BCUT2D eigenvalue weighted by Crippen LogP contribution is -2.32. The summed E-state index contributed by atoms with van der Waals surface area (Å²) in [7, 11) is 1.65. The van der Waals surface area contributed by atoms with Gasteiger partial charge in [0, 0.05) is 38.0 Å². The molecule has 0 saturated heterocycles. The van der Waals surface area contributed by atoms with Gasteiger partial charge in [-0.05, 0) is 30.7 Å². The molecule has 0 spiro atoms. The Labute approximate surface area is 112 Å². The summed E-state index contributed by atoms with van der Waals surface area (Å²) in [5, 5.41) is 12.1. The van der Waals surface area contributed by atoms with Crippen LogP contribution in [0.1, 0.15) is 29.6 Å². The van der Waals surface area contributed by atoms with E-state index in [2.05, 4.69) is 5.32 Å². The number of carbonyl (C=O) groups is 1. The van der Waals surface area contributed by atoms with Crippen LogP contribution in [-0.4, -0.2) is 28.7 Å². The van der Waals surface area contributed by atoms with Gasteiger partial charge in [0.1, 0.15) is 0 Å². The molecule has 0 aliphatic heterocycles. The lowest BCUT2D eigenvalue weighted by molar-refractivity contribution is 0.0937. The standard InChI is InChI=1S/C14H20N2O3/c1-16-6-5-10(7-13(16)18)14(19)15-8-11-3-2-4-12(11)9-17/h5-7,11-12,17H,2-4,8-9H2,1H3,(H,15,19). The normalized spacial score (nSPS) is 22.4. The zero-order valence-corrected chi connectivity index (χ0v) is 11.1. The quantitative estimate of drug-likeness (QED) is 0.833. The summed E-state index contributed by atoms with van der Waals surface area (Å²) in [5.41, 5.74) is 0.198. The molecule has 2 atom stereocenters. The smallest absolute Gasteiger partial charge is 0.251 e. The highest BCUT2D eigenvalue weighted by Gasteiger charge is 2.26. The molecule has 1 aliphatic carbocycles. The molecule has 0 radical (unpaired) electrons. The summed E-state index contributed by atoms with van der Waals surface area (Å²) in [4.78, 5) is 23.4. The first-order valence-electron chi connectivity index (χ1n) is 6.67. The van der Waals surface area contributed by atoms with Crippen molar-refractivity contribution in [2.75, 3.05) is 13.2 Å². The first-order chi connectivity index (χ1) is 9.11. The van der Waals surface area contributed by atoms with Crippen LogP contribution in [0.3, 0.4) is 0 Å². The van der Waals surface area contributed by atoms with E-state index in [1.54, 1.807) is 19.3 Å². The Morgan fingerprint density at radius 1 is 1.47 bits per heavy atom. The minimum absolute atomic E-state index is 0.187. The number of carbonyl (C=O) groups excluding carboxylic acids is 1. The van der Waals surface area contributed by atoms with Gasteiger partial charge in [-0.2, -0.15) is 0 Å². The van der Waals surface area contributed by atoms with Gasteiger partial charge in [0.2, 0.25) is 0 Å². The topological polar surface area (TPSA) is 71.3 Å². The van der Waals surface area contributed by atoms with Crippen LogP contribution in [0, 0.1) is 11.8 Å². The zero-order valence-electron chi connectivity index (χ0n) is 11.1. The monoisotopic (exact) mass is 264 g/mol. The molecule has 5 nitrogen and oxygen atoms in total. The lowest BCUT2D eigenvalue weighted by atomic mass is 9.97. The number of hydrogen-bond donors (Lipinski definition) is 2. The van der Waals surface area contributed by atoms with E-state index in [0.717, 1.165) is 19.3 Å². The fourth-order valence-electron chi connectivity index (χ4n) is 2.64. The zero-order chi connectivity index (χ0) is 13.8. The number of hydrogen-bond acceptors (Lipinski definition) is 3. The Hall–Kier alpha value is -1.62. The van der Waals surface area contributed by atoms with Crippen LogP contribution in [0.25, 0.3) is 0 Å². The first kappa shape index (κ1) is 13.8. The summed E-state index contributed by atoms with van der Waals surface area (Å²) >= 11 is 0. The van der Waals surface area contributed by atoms with Crippen LogP contribution < -0.4 is 10.9 Å². The van der Waals surface area contributed by atoms with Gasteiger partial charge < -0.3 is 15.0 Å². The molecule has 1 fully saturated rings. The number of nitrogens with one attached hydrogen (secondary N) is 1. The maximum absolute atomic E-state index is 11.9. The van der Waals surface area contributed by atoms with Gasteiger partial charge in [-0.1, -0.05) is 6.42 Å². The summed E-state index contributed by atoms with van der Waals surface area (Å²) in [5.74, 6) is 0.422. The number of rotatable bonds is 4. The third kappa shape index (κ3) is 3.23. The highest BCUT2D eigenvalue weighted by molar-refractivity contribution is 5.93. The SMILES string of the molecule is Cn1ccc(C(=O)NCC2CCCC2CO)cc1=O. The predicted molar refractivity (Wildman–Crippen MR) is 71.9 cm³/mol. The van der Waals surface area contributed by atoms with Crippen LogP contribution >= 0.6 is 0 Å². The molecule has 5 heteroatoms. The molecule has 1 aliphatic rings. The third-order valence-corrected chi connectivity index (χ3v) is 3.94. The number of aliphatic hydroxyl groups excluding tert-OH is 1. The van der Waals surface area contributed by atoms with E-state index in [9.17, 15) is 14.7 Å². The molecule has 104 valence electrons. The second-order valence-corrected chi connectivity index (χ2v) is 5.21. The molecule has 1 saturated carbocycles. The van der Waals surface area contributed by atoms with Crippen molar-refractivity contribution in [2.24, 2.45) is 18.9 Å². The van der Waals surface area contributed by atoms with E-state index in [1.165, 1.54) is 10.6 Å². The van der Waals surface area contributed by atoms with Crippen molar-refractivity contribution in [3.05, 3.63) is 34.2 Å². The second-order valence-electron chi connectivity index (χ2n) is 5.21. The fourth-order valence-corrected chi connectivity index (χ4v) is 2.64. The van der Waals surface area contributed by atoms with Gasteiger partial charge in [0.25, 0.3) is 11.5 Å². The Balaban J connectivity index is 1.94. The second kappa shape index (κ2) is 6.02. The molecule has 1 amide bonds. The molecule has 19 heavy (non-hydrogen) atoms. The van der Waals surface area contributed by atoms with Crippen molar-refractivity contribution in [1.29, 1.82) is 0 Å². The molecular formula is C14H20N2O3. The molecule has 0 aromatic carbocycles. The minimum Gasteiger partial charge on any atom is -0.396 e. The van der Waals surface area contributed by atoms with Gasteiger partial charge >= 0.3 is 0 Å². The van der Waals surface area contributed by atoms with Gasteiger partial charge in [0.15, 0.2) is 0 Å². The average Bonchev–Trinajstić information content (AvgIpc) is 2.86. The Bertz CT molecular complexity index is 510. The van der Waals surface area contributed by atoms with Crippen LogP contribution in [0.15, 0.2) is 23.1 Å². The summed E-state index contributed by atoms with van der Waals surface area (Å²) in [6, 6.07) is 2.97. The predicted octanol–water partition coefficient (Wildman–Crippen LogP) is 0.524. The van der Waals surface area contributed by atoms with Crippen molar-refractivity contribution < 1.29 is 9.90 Å². The van der Waals surface area contributed by atoms with E-state index < -0.39 is 0 Å². The number of aryl methyl sites for hydroxylation is 1. The van der Waals surface area contributed by atoms with E-state index >= 15 is 0 Å². The molecule has 2 N–H and O–H groups in total. The number of amides is 1. The minimum atomic E-state index is -0.221. The molecule has 1 aromatic rings. The van der Waals surface area contributed by atoms with Gasteiger partial charge in [-0.3, -0.25) is 9.59 Å².